The second kappa shape index (κ2) is 8.06. The molecule has 0 saturated carbocycles. The first-order valence-corrected chi connectivity index (χ1v) is 5.79. The van der Waals surface area contributed by atoms with Gasteiger partial charge in [0.2, 0.25) is 0 Å². The van der Waals surface area contributed by atoms with Crippen molar-refractivity contribution in [1.82, 2.24) is 0 Å². The Bertz CT molecular complexity index is 427. The summed E-state index contributed by atoms with van der Waals surface area (Å²) in [5.74, 6) is 0.365. The van der Waals surface area contributed by atoms with E-state index in [1.165, 1.54) is 24.3 Å². The lowest BCUT2D eigenvalue weighted by Crippen LogP contribution is -1.98. The molecule has 1 heterocycles. The van der Waals surface area contributed by atoms with Crippen LogP contribution in [0.4, 0.5) is 0 Å². The van der Waals surface area contributed by atoms with Gasteiger partial charge in [0.25, 0.3) is 0 Å². The minimum absolute atomic E-state index is 0.0140. The van der Waals surface area contributed by atoms with Crippen LogP contribution in [0, 0.1) is 0 Å². The highest BCUT2D eigenvalue weighted by Gasteiger charge is 2.00. The maximum Gasteiger partial charge on any atom is 0.330 e. The number of hydrogen-bond donors (Lipinski definition) is 0. The van der Waals surface area contributed by atoms with E-state index in [-0.39, 0.29) is 5.78 Å². The highest BCUT2D eigenvalue weighted by molar-refractivity contribution is 5.90. The number of furan rings is 1. The summed E-state index contributed by atoms with van der Waals surface area (Å²) >= 11 is 0. The molecule has 1 aromatic rings. The molecule has 1 rings (SSSR count). The van der Waals surface area contributed by atoms with Gasteiger partial charge in [-0.3, -0.25) is 4.79 Å². The average Bonchev–Trinajstić information content (AvgIpc) is 2.85. The number of esters is 1. The normalized spacial score (nSPS) is 11.2. The van der Waals surface area contributed by atoms with Crippen LogP contribution < -0.4 is 0 Å². The molecule has 18 heavy (non-hydrogen) atoms. The molecule has 4 nitrogen and oxygen atoms in total. The van der Waals surface area contributed by atoms with Gasteiger partial charge in [0.15, 0.2) is 5.78 Å². The van der Waals surface area contributed by atoms with E-state index in [9.17, 15) is 9.59 Å². The van der Waals surface area contributed by atoms with E-state index in [1.54, 1.807) is 19.3 Å². The minimum Gasteiger partial charge on any atom is -0.469 e. The average molecular weight is 248 g/mol. The first-order valence-electron chi connectivity index (χ1n) is 5.79. The lowest BCUT2D eigenvalue weighted by atomic mass is 10.2. The maximum absolute atomic E-state index is 11.4. The lowest BCUT2D eigenvalue weighted by Gasteiger charge is -1.93. The predicted octanol–water partition coefficient (Wildman–Crippen LogP) is 2.46. The number of aryl methyl sites for hydroxylation is 1. The summed E-state index contributed by atoms with van der Waals surface area (Å²) in [7, 11) is 0. The molecule has 0 aliphatic rings. The Morgan fingerprint density at radius 2 is 2.11 bits per heavy atom. The lowest BCUT2D eigenvalue weighted by molar-refractivity contribution is -0.137. The molecule has 0 aliphatic carbocycles. The molecule has 0 bridgehead atoms. The summed E-state index contributed by atoms with van der Waals surface area (Å²) in [4.78, 5) is 22.4. The number of carbonyl (C=O) groups is 2. The van der Waals surface area contributed by atoms with Crippen LogP contribution in [0.5, 0.6) is 0 Å². The zero-order valence-corrected chi connectivity index (χ0v) is 10.3. The zero-order chi connectivity index (χ0) is 13.2. The Morgan fingerprint density at radius 3 is 2.78 bits per heavy atom. The Hall–Kier alpha value is -2.10. The fraction of sp³-hybridized carbons (Fsp3) is 0.286. The molecule has 4 heteroatoms. The quantitative estimate of drug-likeness (QED) is 0.422. The summed E-state index contributed by atoms with van der Waals surface area (Å²) < 4.78 is 9.80. The maximum atomic E-state index is 11.4. The molecule has 0 N–H and O–H groups in total. The monoisotopic (exact) mass is 248 g/mol. The smallest absolute Gasteiger partial charge is 0.330 e. The fourth-order valence-electron chi connectivity index (χ4n) is 1.27. The molecular weight excluding hydrogens is 232 g/mol. The first kappa shape index (κ1) is 14.0. The summed E-state index contributed by atoms with van der Waals surface area (Å²) in [5.41, 5.74) is 0. The highest BCUT2D eigenvalue weighted by Crippen LogP contribution is 2.04. The van der Waals surface area contributed by atoms with Gasteiger partial charge in [-0.1, -0.05) is 12.2 Å². The summed E-state index contributed by atoms with van der Waals surface area (Å²) in [6, 6.07) is 3.62. The van der Waals surface area contributed by atoms with E-state index in [0.717, 1.165) is 5.76 Å². The van der Waals surface area contributed by atoms with Crippen molar-refractivity contribution in [3.63, 3.8) is 0 Å². The summed E-state index contributed by atoms with van der Waals surface area (Å²) in [6.07, 6.45) is 8.27. The Labute approximate surface area is 106 Å². The molecule has 0 radical (unpaired) electrons. The van der Waals surface area contributed by atoms with E-state index in [2.05, 4.69) is 4.74 Å². The van der Waals surface area contributed by atoms with Crippen LogP contribution in [-0.4, -0.2) is 18.4 Å². The molecule has 0 unspecified atom stereocenters. The van der Waals surface area contributed by atoms with Gasteiger partial charge in [-0.2, -0.15) is 0 Å². The Kier molecular flexibility index (Phi) is 6.25. The number of rotatable bonds is 7. The Morgan fingerprint density at radius 1 is 1.33 bits per heavy atom. The SMILES string of the molecule is CCOC(=O)/C=C/C=C/C(=O)CCc1ccco1. The van der Waals surface area contributed by atoms with Crippen LogP contribution in [0.2, 0.25) is 0 Å². The molecule has 0 aromatic carbocycles. The molecule has 0 spiro atoms. The van der Waals surface area contributed by atoms with Crippen molar-refractivity contribution in [2.75, 3.05) is 6.61 Å². The van der Waals surface area contributed by atoms with Crippen LogP contribution in [0.15, 0.2) is 47.1 Å². The Balaban J connectivity index is 2.25. The van der Waals surface area contributed by atoms with Gasteiger partial charge in [-0.25, -0.2) is 4.79 Å². The van der Waals surface area contributed by atoms with Crippen molar-refractivity contribution in [2.24, 2.45) is 0 Å². The highest BCUT2D eigenvalue weighted by atomic mass is 16.5. The van der Waals surface area contributed by atoms with Crippen LogP contribution >= 0.6 is 0 Å². The molecule has 1 aromatic heterocycles. The molecule has 0 aliphatic heterocycles. The van der Waals surface area contributed by atoms with Gasteiger partial charge in [0.05, 0.1) is 12.9 Å². The van der Waals surface area contributed by atoms with Crippen molar-refractivity contribution in [3.05, 3.63) is 48.5 Å². The second-order valence-electron chi connectivity index (χ2n) is 3.52. The third-order valence-electron chi connectivity index (χ3n) is 2.11. The van der Waals surface area contributed by atoms with E-state index in [0.29, 0.717) is 19.4 Å². The van der Waals surface area contributed by atoms with Crippen LogP contribution in [-0.2, 0) is 20.7 Å². The standard InChI is InChI=1S/C14H16O4/c1-2-17-14(16)8-4-3-6-12(15)9-10-13-7-5-11-18-13/h3-8,11H,2,9-10H2,1H3/b6-3+,8-4+. The number of carbonyl (C=O) groups excluding carboxylic acids is 2. The van der Waals surface area contributed by atoms with Gasteiger partial charge in [-0.05, 0) is 25.1 Å². The number of allylic oxidation sites excluding steroid dienone is 3. The van der Waals surface area contributed by atoms with Crippen molar-refractivity contribution >= 4 is 11.8 Å². The van der Waals surface area contributed by atoms with E-state index in [1.807, 2.05) is 6.07 Å². The predicted molar refractivity (Wildman–Crippen MR) is 66.9 cm³/mol. The number of ketones is 1. The van der Waals surface area contributed by atoms with Crippen molar-refractivity contribution < 1.29 is 18.7 Å². The molecule has 0 amide bonds. The van der Waals surface area contributed by atoms with Gasteiger partial charge in [-0.15, -0.1) is 0 Å². The van der Waals surface area contributed by atoms with E-state index < -0.39 is 5.97 Å². The van der Waals surface area contributed by atoms with Gasteiger partial charge >= 0.3 is 5.97 Å². The first-order chi connectivity index (χ1) is 8.72. The summed E-state index contributed by atoms with van der Waals surface area (Å²) in [5, 5.41) is 0. The molecule has 0 atom stereocenters. The third kappa shape index (κ3) is 5.84. The van der Waals surface area contributed by atoms with Gasteiger partial charge in [0, 0.05) is 18.9 Å². The van der Waals surface area contributed by atoms with Crippen LogP contribution in [0.25, 0.3) is 0 Å². The van der Waals surface area contributed by atoms with Crippen LogP contribution in [0.1, 0.15) is 19.1 Å². The molecular formula is C14H16O4. The van der Waals surface area contributed by atoms with Crippen molar-refractivity contribution in [2.45, 2.75) is 19.8 Å². The van der Waals surface area contributed by atoms with Crippen LogP contribution in [0.3, 0.4) is 0 Å². The number of ether oxygens (including phenoxy) is 1. The summed E-state index contributed by atoms with van der Waals surface area (Å²) in [6.45, 7) is 2.08. The van der Waals surface area contributed by atoms with Gasteiger partial charge < -0.3 is 9.15 Å². The van der Waals surface area contributed by atoms with E-state index >= 15 is 0 Å². The minimum atomic E-state index is -0.412. The van der Waals surface area contributed by atoms with Gasteiger partial charge in [0.1, 0.15) is 5.76 Å². The number of hydrogen-bond acceptors (Lipinski definition) is 4. The fourth-order valence-corrected chi connectivity index (χ4v) is 1.27. The van der Waals surface area contributed by atoms with Crippen molar-refractivity contribution in [3.8, 4) is 0 Å². The molecule has 0 saturated heterocycles. The van der Waals surface area contributed by atoms with Crippen molar-refractivity contribution in [1.29, 1.82) is 0 Å². The largest absolute Gasteiger partial charge is 0.469 e. The topological polar surface area (TPSA) is 56.5 Å². The third-order valence-corrected chi connectivity index (χ3v) is 2.11. The second-order valence-corrected chi connectivity index (χ2v) is 3.52. The zero-order valence-electron chi connectivity index (χ0n) is 10.3. The van der Waals surface area contributed by atoms with E-state index in [4.69, 9.17) is 4.42 Å². The molecule has 0 fully saturated rings. The molecule has 96 valence electrons.